The van der Waals surface area contributed by atoms with Gasteiger partial charge in [-0.25, -0.2) is 14.2 Å². The fraction of sp³-hybridized carbons (Fsp3) is 0.250. The van der Waals surface area contributed by atoms with Crippen LogP contribution in [-0.2, 0) is 6.42 Å². The van der Waals surface area contributed by atoms with Crippen LogP contribution in [0.3, 0.4) is 0 Å². The number of aromatic nitrogens is 2. The molecule has 4 nitrogen and oxygen atoms in total. The number of nitrogens with zero attached hydrogens (tertiary/aromatic N) is 2. The molecule has 1 N–H and O–H groups in total. The quantitative estimate of drug-likeness (QED) is 0.787. The lowest BCUT2D eigenvalue weighted by Crippen LogP contribution is -1.98. The van der Waals surface area contributed by atoms with Gasteiger partial charge in [-0.15, -0.1) is 11.3 Å². The zero-order chi connectivity index (χ0) is 15.9. The molecule has 0 unspecified atom stereocenters. The number of carbonyl (C=O) groups is 1. The van der Waals surface area contributed by atoms with E-state index in [2.05, 4.69) is 18.8 Å². The third-order valence-electron chi connectivity index (χ3n) is 3.40. The lowest BCUT2D eigenvalue weighted by atomic mass is 10.0. The summed E-state index contributed by atoms with van der Waals surface area (Å²) in [4.78, 5) is 15.1. The first kappa shape index (κ1) is 14.7. The van der Waals surface area contributed by atoms with Crippen LogP contribution >= 0.6 is 11.3 Å². The topological polar surface area (TPSA) is 55.1 Å². The Bertz CT molecular complexity index is 851. The highest BCUT2D eigenvalue weighted by Crippen LogP contribution is 2.29. The molecule has 22 heavy (non-hydrogen) atoms. The van der Waals surface area contributed by atoms with E-state index in [1.165, 1.54) is 28.8 Å². The van der Waals surface area contributed by atoms with Gasteiger partial charge in [-0.1, -0.05) is 13.8 Å². The van der Waals surface area contributed by atoms with Gasteiger partial charge in [0.2, 0.25) is 0 Å². The number of fused-ring (bicyclic) bond motifs is 1. The Balaban J connectivity index is 2.19. The minimum absolute atomic E-state index is 0.00339. The van der Waals surface area contributed by atoms with Crippen molar-refractivity contribution in [1.82, 2.24) is 9.55 Å². The van der Waals surface area contributed by atoms with Gasteiger partial charge in [-0.2, -0.15) is 0 Å². The third-order valence-corrected chi connectivity index (χ3v) is 4.24. The standard InChI is InChI=1S/C16H15FN2O2S/c1-9(2)5-10-7-19(14-6-11(17)3-4-12(10)14)16-18-13(8-22-16)15(20)21/h3-4,6-9H,5H2,1-2H3,(H,20,21). The molecule has 0 saturated carbocycles. The Morgan fingerprint density at radius 3 is 2.86 bits per heavy atom. The van der Waals surface area contributed by atoms with E-state index in [-0.39, 0.29) is 11.5 Å². The Labute approximate surface area is 130 Å². The number of aromatic carboxylic acids is 1. The summed E-state index contributed by atoms with van der Waals surface area (Å²) >= 11 is 1.23. The third kappa shape index (κ3) is 2.62. The van der Waals surface area contributed by atoms with Crippen LogP contribution in [0.5, 0.6) is 0 Å². The molecule has 0 aliphatic heterocycles. The molecule has 0 spiro atoms. The summed E-state index contributed by atoms with van der Waals surface area (Å²) < 4.78 is 15.4. The summed E-state index contributed by atoms with van der Waals surface area (Å²) in [6.45, 7) is 4.25. The first-order valence-corrected chi connectivity index (χ1v) is 7.82. The minimum Gasteiger partial charge on any atom is -0.476 e. The molecular formula is C16H15FN2O2S. The molecule has 0 aliphatic rings. The van der Waals surface area contributed by atoms with E-state index in [1.807, 2.05) is 6.20 Å². The molecule has 0 radical (unpaired) electrons. The van der Waals surface area contributed by atoms with Gasteiger partial charge >= 0.3 is 5.97 Å². The fourth-order valence-electron chi connectivity index (χ4n) is 2.50. The largest absolute Gasteiger partial charge is 0.476 e. The lowest BCUT2D eigenvalue weighted by Gasteiger charge is -2.02. The summed E-state index contributed by atoms with van der Waals surface area (Å²) in [5.41, 5.74) is 1.82. The van der Waals surface area contributed by atoms with Gasteiger partial charge in [0.1, 0.15) is 5.82 Å². The minimum atomic E-state index is -1.06. The summed E-state index contributed by atoms with van der Waals surface area (Å²) in [6.07, 6.45) is 2.79. The smallest absolute Gasteiger partial charge is 0.355 e. The first-order valence-electron chi connectivity index (χ1n) is 6.94. The molecule has 0 aliphatic carbocycles. The molecule has 0 atom stereocenters. The van der Waals surface area contributed by atoms with E-state index >= 15 is 0 Å². The summed E-state index contributed by atoms with van der Waals surface area (Å²) in [7, 11) is 0. The predicted molar refractivity (Wildman–Crippen MR) is 84.4 cm³/mol. The van der Waals surface area contributed by atoms with Gasteiger partial charge in [0.15, 0.2) is 10.8 Å². The summed E-state index contributed by atoms with van der Waals surface area (Å²) in [6, 6.07) is 4.67. The second-order valence-corrected chi connectivity index (χ2v) is 6.44. The Kier molecular flexibility index (Phi) is 3.70. The second-order valence-electron chi connectivity index (χ2n) is 5.60. The van der Waals surface area contributed by atoms with Crippen LogP contribution in [0, 0.1) is 11.7 Å². The molecule has 114 valence electrons. The number of thiazole rings is 1. The van der Waals surface area contributed by atoms with Crippen molar-refractivity contribution < 1.29 is 14.3 Å². The van der Waals surface area contributed by atoms with E-state index in [9.17, 15) is 9.18 Å². The second kappa shape index (κ2) is 5.53. The van der Waals surface area contributed by atoms with E-state index in [0.29, 0.717) is 16.6 Å². The Morgan fingerprint density at radius 1 is 1.45 bits per heavy atom. The van der Waals surface area contributed by atoms with Gasteiger partial charge in [-0.3, -0.25) is 4.57 Å². The maximum Gasteiger partial charge on any atom is 0.355 e. The van der Waals surface area contributed by atoms with Crippen molar-refractivity contribution >= 4 is 28.2 Å². The molecule has 0 amide bonds. The number of carboxylic acids is 1. The first-order chi connectivity index (χ1) is 10.5. The van der Waals surface area contributed by atoms with E-state index < -0.39 is 5.97 Å². The van der Waals surface area contributed by atoms with Crippen molar-refractivity contribution in [2.45, 2.75) is 20.3 Å². The molecule has 3 aromatic rings. The average Bonchev–Trinajstić information content (AvgIpc) is 3.03. The maximum atomic E-state index is 13.6. The van der Waals surface area contributed by atoms with Crippen LogP contribution in [0.4, 0.5) is 4.39 Å². The SMILES string of the molecule is CC(C)Cc1cn(-c2nc(C(=O)O)cs2)c2cc(F)ccc12. The molecule has 0 saturated heterocycles. The fourth-order valence-corrected chi connectivity index (χ4v) is 3.29. The van der Waals surface area contributed by atoms with Crippen molar-refractivity contribution in [2.75, 3.05) is 0 Å². The van der Waals surface area contributed by atoms with Gasteiger partial charge < -0.3 is 5.11 Å². The molecule has 2 aromatic heterocycles. The normalized spacial score (nSPS) is 11.5. The van der Waals surface area contributed by atoms with E-state index in [4.69, 9.17) is 5.11 Å². The van der Waals surface area contributed by atoms with Crippen LogP contribution < -0.4 is 0 Å². The maximum absolute atomic E-state index is 13.6. The summed E-state index contributed by atoms with van der Waals surface area (Å²) in [5.74, 6) is -0.916. The highest BCUT2D eigenvalue weighted by atomic mass is 32.1. The van der Waals surface area contributed by atoms with Gasteiger partial charge in [0.25, 0.3) is 0 Å². The number of hydrogen-bond donors (Lipinski definition) is 1. The number of hydrogen-bond acceptors (Lipinski definition) is 3. The number of benzene rings is 1. The van der Waals surface area contributed by atoms with Crippen molar-refractivity contribution in [3.63, 3.8) is 0 Å². The zero-order valence-electron chi connectivity index (χ0n) is 12.2. The van der Waals surface area contributed by atoms with Crippen LogP contribution in [0.25, 0.3) is 16.0 Å². The van der Waals surface area contributed by atoms with Crippen LogP contribution in [0.1, 0.15) is 29.9 Å². The molecule has 6 heteroatoms. The highest BCUT2D eigenvalue weighted by Gasteiger charge is 2.15. The molecule has 0 bridgehead atoms. The number of carboxylic acid groups (broad SMARTS) is 1. The van der Waals surface area contributed by atoms with Crippen LogP contribution in [-0.4, -0.2) is 20.6 Å². The van der Waals surface area contributed by atoms with Crippen molar-refractivity contribution in [3.8, 4) is 5.13 Å². The lowest BCUT2D eigenvalue weighted by molar-refractivity contribution is 0.0691. The van der Waals surface area contributed by atoms with Gasteiger partial charge in [-0.05, 0) is 36.1 Å². The zero-order valence-corrected chi connectivity index (χ0v) is 13.0. The molecule has 0 fully saturated rings. The Morgan fingerprint density at radius 2 is 2.23 bits per heavy atom. The van der Waals surface area contributed by atoms with Crippen LogP contribution in [0.2, 0.25) is 0 Å². The van der Waals surface area contributed by atoms with Crippen LogP contribution in [0.15, 0.2) is 29.8 Å². The number of halogens is 1. The van der Waals surface area contributed by atoms with Crippen molar-refractivity contribution in [1.29, 1.82) is 0 Å². The molecular weight excluding hydrogens is 303 g/mol. The highest BCUT2D eigenvalue weighted by molar-refractivity contribution is 7.12. The van der Waals surface area contributed by atoms with E-state index in [0.717, 1.165) is 17.4 Å². The predicted octanol–water partition coefficient (Wildman–Crippen LogP) is 4.12. The van der Waals surface area contributed by atoms with Crippen molar-refractivity contribution in [2.24, 2.45) is 5.92 Å². The molecule has 1 aromatic carbocycles. The van der Waals surface area contributed by atoms with Crippen molar-refractivity contribution in [3.05, 3.63) is 46.9 Å². The van der Waals surface area contributed by atoms with E-state index in [1.54, 1.807) is 10.6 Å². The summed E-state index contributed by atoms with van der Waals surface area (Å²) in [5, 5.41) is 12.0. The number of rotatable bonds is 4. The molecule has 3 rings (SSSR count). The van der Waals surface area contributed by atoms with Gasteiger partial charge in [0.05, 0.1) is 5.52 Å². The van der Waals surface area contributed by atoms with Gasteiger partial charge in [0, 0.05) is 17.0 Å². The monoisotopic (exact) mass is 318 g/mol. The molecule has 2 heterocycles. The Hall–Kier alpha value is -2.21. The average molecular weight is 318 g/mol.